The third kappa shape index (κ3) is 5.02. The lowest BCUT2D eigenvalue weighted by atomic mass is 10.0. The molecule has 9 heteroatoms. The first-order chi connectivity index (χ1) is 13.5. The number of hydrogen-bond donors (Lipinski definition) is 2. The highest BCUT2D eigenvalue weighted by molar-refractivity contribution is 7.20. The molecule has 0 unspecified atom stereocenters. The molecule has 3 heterocycles. The van der Waals surface area contributed by atoms with E-state index in [4.69, 9.17) is 28.9 Å². The molecule has 29 heavy (non-hydrogen) atoms. The van der Waals surface area contributed by atoms with Crippen molar-refractivity contribution in [3.63, 3.8) is 0 Å². The molecular formula is C20H19Cl3N4S2. The van der Waals surface area contributed by atoms with E-state index in [0.29, 0.717) is 11.6 Å². The van der Waals surface area contributed by atoms with Gasteiger partial charge in [0.25, 0.3) is 0 Å². The topological polar surface area (TPSA) is 63.8 Å². The van der Waals surface area contributed by atoms with E-state index in [0.717, 1.165) is 33.6 Å². The molecule has 1 aromatic carbocycles. The maximum Gasteiger partial charge on any atom is 0.224 e. The van der Waals surface area contributed by atoms with Gasteiger partial charge in [-0.2, -0.15) is 4.98 Å². The lowest BCUT2D eigenvalue weighted by molar-refractivity contribution is 0.747. The predicted molar refractivity (Wildman–Crippen MR) is 129 cm³/mol. The Kier molecular flexibility index (Phi) is 7.37. The largest absolute Gasteiger partial charge is 0.364 e. The summed E-state index contributed by atoms with van der Waals surface area (Å²) in [6, 6.07) is 11.9. The minimum Gasteiger partial charge on any atom is -0.364 e. The zero-order chi connectivity index (χ0) is 19.7. The highest BCUT2D eigenvalue weighted by atomic mass is 35.5. The van der Waals surface area contributed by atoms with Crippen LogP contribution in [0.5, 0.6) is 0 Å². The van der Waals surface area contributed by atoms with Gasteiger partial charge < -0.3 is 11.1 Å². The summed E-state index contributed by atoms with van der Waals surface area (Å²) in [4.78, 5) is 11.4. The van der Waals surface area contributed by atoms with Gasteiger partial charge in [0.2, 0.25) is 5.28 Å². The Bertz CT molecular complexity index is 1090. The first-order valence-corrected chi connectivity index (χ1v) is 11.2. The number of nitrogens with two attached hydrogens (primary N) is 1. The molecule has 0 saturated heterocycles. The molecule has 4 aromatic rings. The van der Waals surface area contributed by atoms with Gasteiger partial charge in [-0.25, -0.2) is 4.98 Å². The molecule has 3 N–H and O–H groups in total. The van der Waals surface area contributed by atoms with Crippen LogP contribution in [0.4, 0.5) is 5.82 Å². The summed E-state index contributed by atoms with van der Waals surface area (Å²) in [5, 5.41) is 6.40. The van der Waals surface area contributed by atoms with Crippen LogP contribution in [0.1, 0.15) is 16.7 Å². The van der Waals surface area contributed by atoms with Gasteiger partial charge in [-0.1, -0.05) is 29.8 Å². The average Bonchev–Trinajstić information content (AvgIpc) is 3.28. The Hall–Kier alpha value is -1.41. The van der Waals surface area contributed by atoms with Crippen molar-refractivity contribution < 1.29 is 0 Å². The van der Waals surface area contributed by atoms with Crippen molar-refractivity contribution in [2.45, 2.75) is 25.9 Å². The van der Waals surface area contributed by atoms with E-state index in [1.54, 1.807) is 22.7 Å². The molecule has 0 fully saturated rings. The van der Waals surface area contributed by atoms with Crippen LogP contribution in [0.15, 0.2) is 41.8 Å². The van der Waals surface area contributed by atoms with Crippen molar-refractivity contribution in [2.75, 3.05) is 5.32 Å². The molecule has 0 aliphatic heterocycles. The number of halogens is 3. The van der Waals surface area contributed by atoms with E-state index in [1.807, 2.05) is 37.3 Å². The second-order valence-electron chi connectivity index (χ2n) is 6.54. The number of anilines is 1. The monoisotopic (exact) mass is 484 g/mol. The summed E-state index contributed by atoms with van der Waals surface area (Å²) < 4.78 is 0.988. The molecule has 0 saturated carbocycles. The lowest BCUT2D eigenvalue weighted by Gasteiger charge is -2.08. The Morgan fingerprint density at radius 1 is 1.14 bits per heavy atom. The molecule has 0 aliphatic carbocycles. The summed E-state index contributed by atoms with van der Waals surface area (Å²) in [5.41, 5.74) is 9.06. The summed E-state index contributed by atoms with van der Waals surface area (Å²) >= 11 is 15.7. The molecule has 3 aromatic heterocycles. The van der Waals surface area contributed by atoms with Crippen molar-refractivity contribution in [1.82, 2.24) is 9.97 Å². The first-order valence-electron chi connectivity index (χ1n) is 8.78. The van der Waals surface area contributed by atoms with Crippen LogP contribution in [0.2, 0.25) is 10.3 Å². The summed E-state index contributed by atoms with van der Waals surface area (Å²) in [5.74, 6) is 0.750. The smallest absolute Gasteiger partial charge is 0.224 e. The van der Waals surface area contributed by atoms with Gasteiger partial charge in [0.15, 0.2) is 0 Å². The minimum absolute atomic E-state index is 0. The molecule has 4 rings (SSSR count). The SMILES string of the molecule is C[C@H](N)Cc1sc2c(NCc3cccs3)nc(Cl)nc2c1-c1ccc(Cl)cc1.Cl. The normalized spacial score (nSPS) is 12.0. The minimum atomic E-state index is 0. The number of benzene rings is 1. The van der Waals surface area contributed by atoms with Crippen LogP contribution in [0, 0.1) is 0 Å². The molecule has 0 bridgehead atoms. The van der Waals surface area contributed by atoms with Crippen LogP contribution in [0.3, 0.4) is 0 Å². The van der Waals surface area contributed by atoms with E-state index in [-0.39, 0.29) is 23.7 Å². The number of hydrogen-bond acceptors (Lipinski definition) is 6. The zero-order valence-electron chi connectivity index (χ0n) is 15.5. The Morgan fingerprint density at radius 2 is 1.90 bits per heavy atom. The Labute approximate surface area is 193 Å². The second-order valence-corrected chi connectivity index (χ2v) is 9.45. The van der Waals surface area contributed by atoms with Gasteiger partial charge in [0.05, 0.1) is 16.8 Å². The highest BCUT2D eigenvalue weighted by Crippen LogP contribution is 2.42. The third-order valence-corrected chi connectivity index (χ3v) is 6.74. The van der Waals surface area contributed by atoms with E-state index in [9.17, 15) is 0 Å². The Balaban J connectivity index is 0.00000240. The van der Waals surface area contributed by atoms with E-state index in [2.05, 4.69) is 26.7 Å². The number of rotatable bonds is 6. The first kappa shape index (κ1) is 22.3. The highest BCUT2D eigenvalue weighted by Gasteiger charge is 2.20. The molecule has 1 atom stereocenters. The molecule has 4 nitrogen and oxygen atoms in total. The van der Waals surface area contributed by atoms with Crippen LogP contribution in [0.25, 0.3) is 21.3 Å². The number of aromatic nitrogens is 2. The van der Waals surface area contributed by atoms with Crippen molar-refractivity contribution >= 4 is 74.3 Å². The fraction of sp³-hybridized carbons (Fsp3) is 0.200. The molecule has 152 valence electrons. The van der Waals surface area contributed by atoms with Crippen LogP contribution >= 0.6 is 58.3 Å². The van der Waals surface area contributed by atoms with Crippen molar-refractivity contribution in [3.8, 4) is 11.1 Å². The third-order valence-electron chi connectivity index (χ3n) is 4.23. The summed E-state index contributed by atoms with van der Waals surface area (Å²) in [6.07, 6.45) is 0.751. The van der Waals surface area contributed by atoms with Crippen LogP contribution < -0.4 is 11.1 Å². The van der Waals surface area contributed by atoms with Crippen LogP contribution in [-0.4, -0.2) is 16.0 Å². The summed E-state index contributed by atoms with van der Waals surface area (Å²) in [6.45, 7) is 2.70. The van der Waals surface area contributed by atoms with Gasteiger partial charge in [0.1, 0.15) is 5.82 Å². The second kappa shape index (κ2) is 9.60. The molecule has 0 radical (unpaired) electrons. The zero-order valence-corrected chi connectivity index (χ0v) is 19.4. The maximum absolute atomic E-state index is 6.28. The fourth-order valence-electron chi connectivity index (χ4n) is 3.05. The quantitative estimate of drug-likeness (QED) is 0.300. The van der Waals surface area contributed by atoms with Gasteiger partial charge in [-0.15, -0.1) is 35.1 Å². The number of nitrogens with one attached hydrogen (secondary N) is 1. The lowest BCUT2D eigenvalue weighted by Crippen LogP contribution is -2.17. The number of nitrogens with zero attached hydrogens (tertiary/aromatic N) is 2. The van der Waals surface area contributed by atoms with Crippen LogP contribution in [-0.2, 0) is 13.0 Å². The molecule has 0 aliphatic rings. The molecule has 0 spiro atoms. The average molecular weight is 486 g/mol. The van der Waals surface area contributed by atoms with E-state index < -0.39 is 0 Å². The molecular weight excluding hydrogens is 467 g/mol. The predicted octanol–water partition coefficient (Wildman–Crippen LogP) is 6.65. The standard InChI is InChI=1S/C20H18Cl2N4S2.ClH/c1-11(23)9-15-16(12-4-6-13(21)7-5-12)17-18(28-15)19(26-20(22)25-17)24-10-14-3-2-8-27-14;/h2-8,11H,9-10,23H2,1H3,(H,24,25,26);1H/t11-;/m0./s1. The van der Waals surface area contributed by atoms with Crippen molar-refractivity contribution in [3.05, 3.63) is 61.8 Å². The number of thiophene rings is 2. The van der Waals surface area contributed by atoms with Gasteiger partial charge in [-0.3, -0.25) is 0 Å². The van der Waals surface area contributed by atoms with Gasteiger partial charge in [0, 0.05) is 26.4 Å². The molecule has 0 amide bonds. The fourth-order valence-corrected chi connectivity index (χ4v) is 5.36. The number of fused-ring (bicyclic) bond motifs is 1. The van der Waals surface area contributed by atoms with Gasteiger partial charge in [-0.05, 0) is 54.1 Å². The van der Waals surface area contributed by atoms with Crippen molar-refractivity contribution in [2.24, 2.45) is 5.73 Å². The Morgan fingerprint density at radius 3 is 2.55 bits per heavy atom. The van der Waals surface area contributed by atoms with Gasteiger partial charge >= 0.3 is 0 Å². The maximum atomic E-state index is 6.28. The summed E-state index contributed by atoms with van der Waals surface area (Å²) in [7, 11) is 0. The van der Waals surface area contributed by atoms with E-state index in [1.165, 1.54) is 9.75 Å². The van der Waals surface area contributed by atoms with Crippen molar-refractivity contribution in [1.29, 1.82) is 0 Å². The van der Waals surface area contributed by atoms with E-state index >= 15 is 0 Å².